The molecule has 0 aromatic heterocycles. The van der Waals surface area contributed by atoms with Crippen molar-refractivity contribution in [3.05, 3.63) is 65.7 Å². The van der Waals surface area contributed by atoms with Crippen molar-refractivity contribution < 1.29 is 28.7 Å². The fraction of sp³-hybridized carbons (Fsp3) is 0.500. The third kappa shape index (κ3) is 14.3. The van der Waals surface area contributed by atoms with Gasteiger partial charge in [-0.25, -0.2) is 0 Å². The van der Waals surface area contributed by atoms with Crippen LogP contribution in [0.3, 0.4) is 0 Å². The topological polar surface area (TPSA) is 222 Å². The summed E-state index contributed by atoms with van der Waals surface area (Å²) in [5.74, 6) is -2.62. The highest BCUT2D eigenvalue weighted by Gasteiger charge is 2.30. The zero-order valence-electron chi connectivity index (χ0n) is 29.6. The summed E-state index contributed by atoms with van der Waals surface area (Å²) in [6.07, 6.45) is 1.30. The van der Waals surface area contributed by atoms with Gasteiger partial charge >= 0.3 is 0 Å². The minimum atomic E-state index is -1.26. The highest BCUT2D eigenvalue weighted by atomic mass is 16.5. The average Bonchev–Trinajstić information content (AvgIpc) is 3.12. The van der Waals surface area contributed by atoms with Crippen LogP contribution in [0, 0.1) is 0 Å². The number of para-hydroxylation sites is 1. The molecule has 5 amide bonds. The van der Waals surface area contributed by atoms with Gasteiger partial charge in [0.1, 0.15) is 23.9 Å². The highest BCUT2D eigenvalue weighted by molar-refractivity contribution is 6.01. The lowest BCUT2D eigenvalue weighted by atomic mass is 10.0. The van der Waals surface area contributed by atoms with Crippen LogP contribution in [0.5, 0.6) is 5.75 Å². The van der Waals surface area contributed by atoms with Crippen molar-refractivity contribution in [2.75, 3.05) is 45.9 Å². The molecule has 3 atom stereocenters. The van der Waals surface area contributed by atoms with E-state index in [-0.39, 0.29) is 44.1 Å². The van der Waals surface area contributed by atoms with Crippen molar-refractivity contribution in [1.82, 2.24) is 31.5 Å². The van der Waals surface area contributed by atoms with Gasteiger partial charge in [-0.1, -0.05) is 56.3 Å². The average molecular weight is 708 g/mol. The van der Waals surface area contributed by atoms with Gasteiger partial charge in [-0.05, 0) is 63.0 Å². The first-order valence-electron chi connectivity index (χ1n) is 17.6. The number of nitrogens with zero attached hydrogens (tertiary/aromatic N) is 2. The number of carbonyl (C=O) groups excluding carboxylic acids is 5. The predicted molar refractivity (Wildman–Crippen MR) is 195 cm³/mol. The molecule has 0 aliphatic carbocycles. The van der Waals surface area contributed by atoms with Crippen molar-refractivity contribution in [2.24, 2.45) is 16.5 Å². The Morgan fingerprint density at radius 2 is 1.65 bits per heavy atom. The Bertz CT molecular complexity index is 1460. The number of hydrogen-bond donors (Lipinski definition) is 7. The monoisotopic (exact) mass is 707 g/mol. The van der Waals surface area contributed by atoms with Gasteiger partial charge in [0.15, 0.2) is 5.96 Å². The number of aliphatic imine (C=N–C) groups is 1. The summed E-state index contributed by atoms with van der Waals surface area (Å²) in [4.78, 5) is 73.9. The molecule has 15 nitrogen and oxygen atoms in total. The molecule has 1 aliphatic heterocycles. The standard InChI is InChI=1S/C36H53N9O6/c1-3-45(4-2)21-11-19-39-34(49)29-24-31(46)42-27(16-10-18-41-36(37)38)35(50)44-28(23-25-13-6-5-7-14-25)33(48)40-20-12-22-51-30-17-9-8-15-26(30)32(47)43-29/h5-9,13-15,17,27-29H,3-4,10-12,16,18-24H2,1-2H3,(H,39,49)(H,40,48)(H,42,46)(H,43,47)(H,44,50)(H4,37,38,41)/t27-,28-,29-/m0/s1. The maximum absolute atomic E-state index is 13.7. The van der Waals surface area contributed by atoms with Crippen LogP contribution in [0.4, 0.5) is 0 Å². The first-order chi connectivity index (χ1) is 24.6. The van der Waals surface area contributed by atoms with Crippen LogP contribution >= 0.6 is 0 Å². The molecule has 1 aliphatic rings. The molecule has 0 bridgehead atoms. The van der Waals surface area contributed by atoms with Crippen LogP contribution in [0.25, 0.3) is 0 Å². The van der Waals surface area contributed by atoms with Crippen molar-refractivity contribution in [3.63, 3.8) is 0 Å². The van der Waals surface area contributed by atoms with Gasteiger partial charge in [-0.2, -0.15) is 0 Å². The van der Waals surface area contributed by atoms with E-state index in [9.17, 15) is 24.0 Å². The lowest BCUT2D eigenvalue weighted by Crippen LogP contribution is -2.55. The SMILES string of the molecule is CCN(CC)CCCNC(=O)[C@@H]1CC(=O)N[C@@H](CCCN=C(N)N)C(=O)N[C@@H](Cc2ccccc2)C(=O)NCCCOc2ccccc2C(=O)N1. The molecule has 278 valence electrons. The van der Waals surface area contributed by atoms with E-state index in [4.69, 9.17) is 16.2 Å². The third-order valence-electron chi connectivity index (χ3n) is 8.38. The maximum atomic E-state index is 13.7. The first-order valence-corrected chi connectivity index (χ1v) is 17.6. The van der Waals surface area contributed by atoms with Crippen molar-refractivity contribution in [3.8, 4) is 5.75 Å². The minimum absolute atomic E-state index is 0.110. The highest BCUT2D eigenvalue weighted by Crippen LogP contribution is 2.19. The fourth-order valence-corrected chi connectivity index (χ4v) is 5.53. The lowest BCUT2D eigenvalue weighted by Gasteiger charge is -2.25. The summed E-state index contributed by atoms with van der Waals surface area (Å²) in [5.41, 5.74) is 11.9. The molecule has 0 saturated heterocycles. The second-order valence-electron chi connectivity index (χ2n) is 12.2. The molecule has 2 aromatic rings. The van der Waals surface area contributed by atoms with Crippen LogP contribution in [0.2, 0.25) is 0 Å². The number of carbonyl (C=O) groups is 5. The van der Waals surface area contributed by atoms with E-state index in [1.807, 2.05) is 30.3 Å². The molecule has 2 aromatic carbocycles. The van der Waals surface area contributed by atoms with E-state index in [0.29, 0.717) is 31.6 Å². The van der Waals surface area contributed by atoms with Crippen LogP contribution in [0.1, 0.15) is 61.9 Å². The van der Waals surface area contributed by atoms with E-state index in [1.54, 1.807) is 24.3 Å². The number of fused-ring (bicyclic) bond motifs is 1. The Morgan fingerprint density at radius 1 is 0.922 bits per heavy atom. The van der Waals surface area contributed by atoms with Gasteiger partial charge in [-0.15, -0.1) is 0 Å². The van der Waals surface area contributed by atoms with Gasteiger partial charge in [0, 0.05) is 26.1 Å². The zero-order chi connectivity index (χ0) is 37.0. The Kier molecular flexibility index (Phi) is 17.2. The van der Waals surface area contributed by atoms with E-state index in [1.165, 1.54) is 0 Å². The summed E-state index contributed by atoms with van der Waals surface area (Å²) in [7, 11) is 0. The Hall–Kier alpha value is -5.18. The van der Waals surface area contributed by atoms with E-state index in [2.05, 4.69) is 50.3 Å². The Labute approximate surface area is 299 Å². The van der Waals surface area contributed by atoms with Crippen molar-refractivity contribution >= 4 is 35.5 Å². The first kappa shape index (κ1) is 40.3. The third-order valence-corrected chi connectivity index (χ3v) is 8.38. The summed E-state index contributed by atoms with van der Waals surface area (Å²) in [6.45, 7) is 7.61. The largest absolute Gasteiger partial charge is 0.493 e. The maximum Gasteiger partial charge on any atom is 0.255 e. The van der Waals surface area contributed by atoms with Crippen molar-refractivity contribution in [1.29, 1.82) is 0 Å². The summed E-state index contributed by atoms with van der Waals surface area (Å²) < 4.78 is 5.90. The van der Waals surface area contributed by atoms with Crippen LogP contribution in [-0.4, -0.2) is 104 Å². The van der Waals surface area contributed by atoms with E-state index < -0.39 is 54.1 Å². The number of ether oxygens (including phenoxy) is 1. The normalized spacial score (nSPS) is 19.2. The van der Waals surface area contributed by atoms with E-state index in [0.717, 1.165) is 25.2 Å². The molecule has 0 spiro atoms. The quantitative estimate of drug-likeness (QED) is 0.0857. The van der Waals surface area contributed by atoms with Gasteiger partial charge in [0.2, 0.25) is 23.6 Å². The smallest absolute Gasteiger partial charge is 0.255 e. The molecular weight excluding hydrogens is 654 g/mol. The van der Waals surface area contributed by atoms with Gasteiger partial charge in [-0.3, -0.25) is 29.0 Å². The number of nitrogens with two attached hydrogens (primary N) is 2. The van der Waals surface area contributed by atoms with Crippen LogP contribution in [0.15, 0.2) is 59.6 Å². The number of nitrogens with one attached hydrogen (secondary N) is 5. The molecule has 9 N–H and O–H groups in total. The summed E-state index contributed by atoms with van der Waals surface area (Å²) >= 11 is 0. The second-order valence-corrected chi connectivity index (χ2v) is 12.2. The van der Waals surface area contributed by atoms with Gasteiger partial charge in [0.25, 0.3) is 5.91 Å². The van der Waals surface area contributed by atoms with Gasteiger partial charge < -0.3 is 47.7 Å². The lowest BCUT2D eigenvalue weighted by molar-refractivity contribution is -0.133. The Morgan fingerprint density at radius 3 is 2.37 bits per heavy atom. The molecule has 0 saturated carbocycles. The molecule has 0 unspecified atom stereocenters. The Balaban J connectivity index is 1.90. The number of amides is 5. The molecule has 0 radical (unpaired) electrons. The van der Waals surface area contributed by atoms with E-state index >= 15 is 0 Å². The summed E-state index contributed by atoms with van der Waals surface area (Å²) in [6, 6.07) is 12.5. The second kappa shape index (κ2) is 21.8. The summed E-state index contributed by atoms with van der Waals surface area (Å²) in [5, 5.41) is 13.9. The minimum Gasteiger partial charge on any atom is -0.493 e. The molecule has 0 fully saturated rings. The number of hydrogen-bond acceptors (Lipinski definition) is 8. The van der Waals surface area contributed by atoms with Crippen LogP contribution < -0.4 is 42.8 Å². The molecular formula is C36H53N9O6. The molecule has 51 heavy (non-hydrogen) atoms. The molecule has 15 heteroatoms. The zero-order valence-corrected chi connectivity index (χ0v) is 29.6. The number of benzene rings is 2. The van der Waals surface area contributed by atoms with Crippen molar-refractivity contribution in [2.45, 2.75) is 70.5 Å². The molecule has 3 rings (SSSR count). The van der Waals surface area contributed by atoms with Crippen LogP contribution in [-0.2, 0) is 25.6 Å². The predicted octanol–water partition coefficient (Wildman–Crippen LogP) is 0.188. The van der Waals surface area contributed by atoms with Gasteiger partial charge in [0.05, 0.1) is 18.6 Å². The fourth-order valence-electron chi connectivity index (χ4n) is 5.53. The number of guanidine groups is 1. The number of rotatable bonds is 13. The molecule has 1 heterocycles.